The molecule has 2 heterocycles. The van der Waals surface area contributed by atoms with E-state index in [1.807, 2.05) is 13.8 Å². The lowest BCUT2D eigenvalue weighted by Gasteiger charge is -2.30. The summed E-state index contributed by atoms with van der Waals surface area (Å²) in [6.07, 6.45) is 0.0850. The van der Waals surface area contributed by atoms with E-state index in [2.05, 4.69) is 0 Å². The van der Waals surface area contributed by atoms with Gasteiger partial charge in [0.15, 0.2) is 0 Å². The molecule has 21 heavy (non-hydrogen) atoms. The van der Waals surface area contributed by atoms with Gasteiger partial charge in [-0.05, 0) is 41.0 Å². The van der Waals surface area contributed by atoms with Crippen LogP contribution in [0.15, 0.2) is 0 Å². The molecule has 3 atom stereocenters. The fraction of sp³-hybridized carbons (Fsp3) is 0.867. The number of esters is 1. The zero-order valence-electron chi connectivity index (χ0n) is 13.6. The fourth-order valence-electron chi connectivity index (χ4n) is 3.20. The highest BCUT2D eigenvalue weighted by Gasteiger charge is 2.56. The summed E-state index contributed by atoms with van der Waals surface area (Å²) in [6, 6.07) is -0.628. The van der Waals surface area contributed by atoms with Gasteiger partial charge in [-0.1, -0.05) is 0 Å². The van der Waals surface area contributed by atoms with Crippen LogP contribution in [0.1, 0.15) is 41.0 Å². The van der Waals surface area contributed by atoms with Gasteiger partial charge in [-0.15, -0.1) is 0 Å². The third kappa shape index (κ3) is 3.31. The van der Waals surface area contributed by atoms with Crippen molar-refractivity contribution in [2.75, 3.05) is 13.7 Å². The Morgan fingerprint density at radius 1 is 1.29 bits per heavy atom. The zero-order valence-corrected chi connectivity index (χ0v) is 13.6. The van der Waals surface area contributed by atoms with Crippen LogP contribution in [0, 0.1) is 5.92 Å². The number of hydrogen-bond acceptors (Lipinski definition) is 5. The Kier molecular flexibility index (Phi) is 3.95. The minimum absolute atomic E-state index is 0.0417. The maximum atomic E-state index is 12.3. The summed E-state index contributed by atoms with van der Waals surface area (Å²) in [5, 5.41) is 0. The van der Waals surface area contributed by atoms with E-state index in [0.29, 0.717) is 6.54 Å². The lowest BCUT2D eigenvalue weighted by Crippen LogP contribution is -2.46. The van der Waals surface area contributed by atoms with E-state index in [9.17, 15) is 9.59 Å². The standard InChI is InChI=1S/C15H25NO5/c1-14(2,3)21-13(18)16-8-10-9(7-15(4,5)20-10)11(16)12(17)19-6/h9-11H,7-8H2,1-6H3/t9-,10-,11-/m0/s1. The number of nitrogens with zero attached hydrogens (tertiary/aromatic N) is 1. The highest BCUT2D eigenvalue weighted by molar-refractivity contribution is 5.83. The average Bonchev–Trinajstić information content (AvgIpc) is 2.77. The van der Waals surface area contributed by atoms with Gasteiger partial charge in [-0.2, -0.15) is 0 Å². The van der Waals surface area contributed by atoms with Gasteiger partial charge in [0.1, 0.15) is 11.6 Å². The fourth-order valence-corrected chi connectivity index (χ4v) is 3.20. The molecule has 2 rings (SSSR count). The van der Waals surface area contributed by atoms with Gasteiger partial charge in [0.05, 0.1) is 25.4 Å². The van der Waals surface area contributed by atoms with Crippen LogP contribution in [-0.4, -0.2) is 54.0 Å². The molecule has 0 aromatic carbocycles. The largest absolute Gasteiger partial charge is 0.467 e. The normalized spacial score (nSPS) is 31.0. The Hall–Kier alpha value is -1.30. The van der Waals surface area contributed by atoms with Crippen LogP contribution in [0.3, 0.4) is 0 Å². The molecule has 2 fully saturated rings. The molecule has 120 valence electrons. The SMILES string of the molecule is COC(=O)[C@@H]1[C@H]2CC(C)(C)O[C@H]2CN1C(=O)OC(C)(C)C. The van der Waals surface area contributed by atoms with Crippen LogP contribution < -0.4 is 0 Å². The quantitative estimate of drug-likeness (QED) is 0.693. The Morgan fingerprint density at radius 3 is 2.43 bits per heavy atom. The molecule has 6 heteroatoms. The van der Waals surface area contributed by atoms with E-state index in [-0.39, 0.29) is 17.6 Å². The van der Waals surface area contributed by atoms with E-state index in [1.165, 1.54) is 12.0 Å². The van der Waals surface area contributed by atoms with Crippen LogP contribution in [-0.2, 0) is 19.0 Å². The van der Waals surface area contributed by atoms with Crippen LogP contribution in [0.5, 0.6) is 0 Å². The molecule has 0 aliphatic carbocycles. The van der Waals surface area contributed by atoms with Crippen LogP contribution in [0.4, 0.5) is 4.79 Å². The second-order valence-corrected chi connectivity index (χ2v) is 7.38. The zero-order chi connectivity index (χ0) is 16.0. The second kappa shape index (κ2) is 5.16. The molecular formula is C15H25NO5. The smallest absolute Gasteiger partial charge is 0.411 e. The molecule has 2 aliphatic heterocycles. The van der Waals surface area contributed by atoms with Gasteiger partial charge < -0.3 is 14.2 Å². The summed E-state index contributed by atoms with van der Waals surface area (Å²) in [5.74, 6) is -0.449. The number of likely N-dealkylation sites (tertiary alicyclic amines) is 1. The van der Waals surface area contributed by atoms with Gasteiger partial charge in [0.25, 0.3) is 0 Å². The second-order valence-electron chi connectivity index (χ2n) is 7.38. The van der Waals surface area contributed by atoms with Crippen molar-refractivity contribution in [3.8, 4) is 0 Å². The molecule has 2 saturated heterocycles. The van der Waals surface area contributed by atoms with Gasteiger partial charge in [-0.25, -0.2) is 9.59 Å². The number of fused-ring (bicyclic) bond motifs is 1. The Labute approximate surface area is 125 Å². The van der Waals surface area contributed by atoms with Gasteiger partial charge in [0, 0.05) is 5.92 Å². The third-order valence-electron chi connectivity index (χ3n) is 3.86. The van der Waals surface area contributed by atoms with Gasteiger partial charge in [-0.3, -0.25) is 4.90 Å². The Balaban J connectivity index is 2.19. The van der Waals surface area contributed by atoms with Gasteiger partial charge in [0.2, 0.25) is 0 Å². The first-order valence-corrected chi connectivity index (χ1v) is 7.29. The van der Waals surface area contributed by atoms with Gasteiger partial charge >= 0.3 is 12.1 Å². The summed E-state index contributed by atoms with van der Waals surface area (Å²) >= 11 is 0. The van der Waals surface area contributed by atoms with Crippen molar-refractivity contribution >= 4 is 12.1 Å². The molecule has 6 nitrogen and oxygen atoms in total. The van der Waals surface area contributed by atoms with E-state index in [4.69, 9.17) is 14.2 Å². The van der Waals surface area contributed by atoms with E-state index >= 15 is 0 Å². The number of rotatable bonds is 1. The van der Waals surface area contributed by atoms with Crippen molar-refractivity contribution in [1.82, 2.24) is 4.90 Å². The first kappa shape index (κ1) is 16.1. The molecule has 0 N–H and O–H groups in total. The molecule has 0 radical (unpaired) electrons. The minimum Gasteiger partial charge on any atom is -0.467 e. The number of carbonyl (C=O) groups is 2. The van der Waals surface area contributed by atoms with Crippen molar-refractivity contribution in [3.05, 3.63) is 0 Å². The van der Waals surface area contributed by atoms with Crippen molar-refractivity contribution in [3.63, 3.8) is 0 Å². The highest BCUT2D eigenvalue weighted by Crippen LogP contribution is 2.43. The summed E-state index contributed by atoms with van der Waals surface area (Å²) in [5.41, 5.74) is -0.878. The summed E-state index contributed by atoms with van der Waals surface area (Å²) < 4.78 is 16.2. The van der Waals surface area contributed by atoms with Crippen molar-refractivity contribution in [1.29, 1.82) is 0 Å². The van der Waals surface area contributed by atoms with Crippen LogP contribution in [0.25, 0.3) is 0 Å². The number of methoxy groups -OCH3 is 1. The average molecular weight is 299 g/mol. The number of amides is 1. The topological polar surface area (TPSA) is 65.1 Å². The molecule has 0 saturated carbocycles. The maximum Gasteiger partial charge on any atom is 0.411 e. The van der Waals surface area contributed by atoms with Crippen LogP contribution in [0.2, 0.25) is 0 Å². The van der Waals surface area contributed by atoms with Crippen LogP contribution >= 0.6 is 0 Å². The van der Waals surface area contributed by atoms with Crippen molar-refractivity contribution in [2.45, 2.75) is 64.4 Å². The summed E-state index contributed by atoms with van der Waals surface area (Å²) in [7, 11) is 1.34. The van der Waals surface area contributed by atoms with E-state index in [1.54, 1.807) is 20.8 Å². The molecule has 0 unspecified atom stereocenters. The third-order valence-corrected chi connectivity index (χ3v) is 3.86. The Morgan fingerprint density at radius 2 is 1.90 bits per heavy atom. The lowest BCUT2D eigenvalue weighted by atomic mass is 9.90. The molecule has 0 bridgehead atoms. The molecule has 2 aliphatic rings. The Bertz CT molecular complexity index is 440. The first-order chi connectivity index (χ1) is 9.54. The molecule has 0 aromatic rings. The predicted octanol–water partition coefficient (Wildman–Crippen LogP) is 1.96. The molecular weight excluding hydrogens is 274 g/mol. The van der Waals surface area contributed by atoms with E-state index < -0.39 is 23.7 Å². The van der Waals surface area contributed by atoms with E-state index in [0.717, 1.165) is 6.42 Å². The molecule has 0 aromatic heterocycles. The first-order valence-electron chi connectivity index (χ1n) is 7.29. The number of hydrogen-bond donors (Lipinski definition) is 0. The monoisotopic (exact) mass is 299 g/mol. The highest BCUT2D eigenvalue weighted by atomic mass is 16.6. The number of ether oxygens (including phenoxy) is 3. The lowest BCUT2D eigenvalue weighted by molar-refractivity contribution is -0.147. The summed E-state index contributed by atoms with van der Waals surface area (Å²) in [4.78, 5) is 25.9. The minimum atomic E-state index is -0.628. The summed E-state index contributed by atoms with van der Waals surface area (Å²) in [6.45, 7) is 9.76. The predicted molar refractivity (Wildman–Crippen MR) is 75.8 cm³/mol. The number of carbonyl (C=O) groups excluding carboxylic acids is 2. The van der Waals surface area contributed by atoms with Crippen molar-refractivity contribution < 1.29 is 23.8 Å². The maximum absolute atomic E-state index is 12.3. The molecule has 0 spiro atoms. The molecule has 1 amide bonds. The van der Waals surface area contributed by atoms with Crippen molar-refractivity contribution in [2.24, 2.45) is 5.92 Å².